The van der Waals surface area contributed by atoms with E-state index in [2.05, 4.69) is 10.3 Å². The lowest BCUT2D eigenvalue weighted by molar-refractivity contribution is -0.319. The summed E-state index contributed by atoms with van der Waals surface area (Å²) in [7, 11) is 1.38. The average molecular weight is 397 g/mol. The van der Waals surface area contributed by atoms with Gasteiger partial charge in [0.1, 0.15) is 24.4 Å². The first-order chi connectivity index (χ1) is 13.5. The summed E-state index contributed by atoms with van der Waals surface area (Å²) in [5, 5.41) is 19.2. The van der Waals surface area contributed by atoms with Crippen LogP contribution in [0.5, 0.6) is 0 Å². The molecule has 0 aliphatic carbocycles. The highest BCUT2D eigenvalue weighted by Gasteiger charge is 2.54. The van der Waals surface area contributed by atoms with Gasteiger partial charge in [-0.3, -0.25) is 10.2 Å². The molecule has 0 spiro atoms. The molecule has 1 unspecified atom stereocenters. The van der Waals surface area contributed by atoms with Crippen molar-refractivity contribution in [1.82, 2.24) is 10.4 Å². The van der Waals surface area contributed by atoms with E-state index in [4.69, 9.17) is 20.1 Å². The third kappa shape index (κ3) is 3.98. The van der Waals surface area contributed by atoms with Crippen molar-refractivity contribution in [1.29, 1.82) is 0 Å². The van der Waals surface area contributed by atoms with Gasteiger partial charge in [0.2, 0.25) is 0 Å². The second-order valence-electron chi connectivity index (χ2n) is 6.51. The predicted molar refractivity (Wildman–Crippen MR) is 94.0 cm³/mol. The molecule has 2 aliphatic rings. The molecule has 2 aliphatic heterocycles. The number of amides is 1. The normalized spacial score (nSPS) is 33.9. The Bertz CT molecular complexity index is 694. The number of nitrogens with zero attached hydrogens (tertiary/aromatic N) is 3. The number of halogens is 1. The molecule has 2 heterocycles. The van der Waals surface area contributed by atoms with Crippen LogP contribution < -0.4 is 11.3 Å². The minimum absolute atomic E-state index is 0.0690. The molecule has 3 rings (SSSR count). The Labute approximate surface area is 161 Å². The summed E-state index contributed by atoms with van der Waals surface area (Å²) in [6.45, 7) is 1.32. The van der Waals surface area contributed by atoms with E-state index in [1.807, 2.05) is 35.8 Å². The van der Waals surface area contributed by atoms with E-state index in [1.54, 1.807) is 0 Å². The lowest BCUT2D eigenvalue weighted by Crippen LogP contribution is -2.69. The van der Waals surface area contributed by atoms with Gasteiger partial charge in [-0.1, -0.05) is 35.6 Å². The number of nitrogens with two attached hydrogens (primary N) is 1. The number of fused-ring (bicyclic) bond motifs is 1. The largest absolute Gasteiger partial charge is 0.388 e. The van der Waals surface area contributed by atoms with Crippen LogP contribution in [0.15, 0.2) is 40.7 Å². The molecule has 1 aromatic rings. The standard InChI is InChI=1S/C17H24FN5O5/c1-9(18)23(22-20-2)12-13(24)15(16(25)21-19)27-11-8-26-17(28-14(11)12)10-6-4-3-5-7-10/h3-7,9,11-15,17,24H,8,19H2,1-2H3,(H,21,25)/b22-20-/t9?,11-,12-,13-,14+,15-,17+/m1/s1. The Morgan fingerprint density at radius 3 is 2.71 bits per heavy atom. The molecule has 0 saturated carbocycles. The molecule has 154 valence electrons. The van der Waals surface area contributed by atoms with E-state index in [1.165, 1.54) is 14.0 Å². The molecule has 28 heavy (non-hydrogen) atoms. The fourth-order valence-corrected chi connectivity index (χ4v) is 3.47. The zero-order valence-corrected chi connectivity index (χ0v) is 15.5. The van der Waals surface area contributed by atoms with Crippen LogP contribution in [0, 0.1) is 0 Å². The summed E-state index contributed by atoms with van der Waals surface area (Å²) in [5.41, 5.74) is 2.70. The number of benzene rings is 1. The summed E-state index contributed by atoms with van der Waals surface area (Å²) in [4.78, 5) is 12.1. The highest BCUT2D eigenvalue weighted by Crippen LogP contribution is 2.37. The lowest BCUT2D eigenvalue weighted by atomic mass is 9.90. The molecule has 4 N–H and O–H groups in total. The number of hydrazine groups is 1. The number of aliphatic hydroxyl groups is 1. The number of carbonyl (C=O) groups is 1. The average Bonchev–Trinajstić information content (AvgIpc) is 2.71. The maximum absolute atomic E-state index is 14.3. The Balaban J connectivity index is 1.93. The Morgan fingerprint density at radius 2 is 2.11 bits per heavy atom. The Morgan fingerprint density at radius 1 is 1.39 bits per heavy atom. The SMILES string of the molecule is C/N=N\N(C(C)F)[C@@H]1[C@@H](O)[C@H](C(=O)NN)O[C@@H]2CO[C@H](c3ccccc3)O[C@H]12. The highest BCUT2D eigenvalue weighted by molar-refractivity contribution is 5.81. The first-order valence-corrected chi connectivity index (χ1v) is 8.86. The van der Waals surface area contributed by atoms with Crippen LogP contribution in [0.2, 0.25) is 0 Å². The van der Waals surface area contributed by atoms with Crippen LogP contribution in [0.3, 0.4) is 0 Å². The van der Waals surface area contributed by atoms with Crippen LogP contribution in [-0.2, 0) is 19.0 Å². The number of ether oxygens (including phenoxy) is 3. The van der Waals surface area contributed by atoms with Gasteiger partial charge in [-0.15, -0.1) is 0 Å². The zero-order chi connectivity index (χ0) is 20.3. The number of carbonyl (C=O) groups excluding carboxylic acids is 1. The summed E-state index contributed by atoms with van der Waals surface area (Å²) in [5.74, 6) is 4.44. The fraction of sp³-hybridized carbons (Fsp3) is 0.588. The van der Waals surface area contributed by atoms with Gasteiger partial charge in [0.25, 0.3) is 5.91 Å². The van der Waals surface area contributed by atoms with Crippen molar-refractivity contribution < 1.29 is 28.5 Å². The zero-order valence-electron chi connectivity index (χ0n) is 15.5. The van der Waals surface area contributed by atoms with Gasteiger partial charge in [-0.05, 0) is 6.92 Å². The molecule has 10 nitrogen and oxygen atoms in total. The number of hydrogen-bond donors (Lipinski definition) is 3. The molecule has 7 atom stereocenters. The van der Waals surface area contributed by atoms with Gasteiger partial charge >= 0.3 is 0 Å². The van der Waals surface area contributed by atoms with Crippen LogP contribution >= 0.6 is 0 Å². The topological polar surface area (TPSA) is 131 Å². The minimum Gasteiger partial charge on any atom is -0.388 e. The molecule has 2 fully saturated rings. The van der Waals surface area contributed by atoms with Crippen LogP contribution in [0.25, 0.3) is 0 Å². The van der Waals surface area contributed by atoms with Gasteiger partial charge < -0.3 is 19.3 Å². The highest BCUT2D eigenvalue weighted by atomic mass is 19.1. The summed E-state index contributed by atoms with van der Waals surface area (Å²) >= 11 is 0. The van der Waals surface area contributed by atoms with Crippen LogP contribution in [0.1, 0.15) is 18.8 Å². The van der Waals surface area contributed by atoms with E-state index in [0.717, 1.165) is 10.6 Å². The summed E-state index contributed by atoms with van der Waals surface area (Å²) in [6.07, 6.45) is -6.74. The van der Waals surface area contributed by atoms with Crippen molar-refractivity contribution in [3.05, 3.63) is 35.9 Å². The summed E-state index contributed by atoms with van der Waals surface area (Å²) in [6, 6.07) is 8.12. The maximum Gasteiger partial charge on any atom is 0.265 e. The molecule has 0 bridgehead atoms. The first kappa shape index (κ1) is 20.6. The monoisotopic (exact) mass is 397 g/mol. The Kier molecular flexibility index (Phi) is 6.52. The van der Waals surface area contributed by atoms with Crippen LogP contribution in [-0.4, -0.2) is 66.4 Å². The van der Waals surface area contributed by atoms with E-state index in [0.29, 0.717) is 0 Å². The van der Waals surface area contributed by atoms with E-state index >= 15 is 0 Å². The second kappa shape index (κ2) is 8.88. The van der Waals surface area contributed by atoms with Gasteiger partial charge in [0.15, 0.2) is 18.7 Å². The second-order valence-corrected chi connectivity index (χ2v) is 6.51. The van der Waals surface area contributed by atoms with Gasteiger partial charge in [-0.2, -0.15) is 5.11 Å². The van der Waals surface area contributed by atoms with Gasteiger partial charge in [-0.25, -0.2) is 15.2 Å². The number of hydrogen-bond acceptors (Lipinski definition) is 8. The number of alkyl halides is 1. The first-order valence-electron chi connectivity index (χ1n) is 8.86. The third-order valence-corrected chi connectivity index (χ3v) is 4.71. The van der Waals surface area contributed by atoms with Gasteiger partial charge in [0, 0.05) is 5.56 Å². The van der Waals surface area contributed by atoms with Crippen molar-refractivity contribution in [2.45, 2.75) is 50.0 Å². The number of aliphatic hydroxyl groups excluding tert-OH is 1. The van der Waals surface area contributed by atoms with Crippen molar-refractivity contribution in [2.24, 2.45) is 16.2 Å². The molecule has 1 amide bonds. The quantitative estimate of drug-likeness (QED) is 0.213. The van der Waals surface area contributed by atoms with E-state index in [9.17, 15) is 14.3 Å². The maximum atomic E-state index is 14.3. The molecular weight excluding hydrogens is 373 g/mol. The fourth-order valence-electron chi connectivity index (χ4n) is 3.47. The lowest BCUT2D eigenvalue weighted by Gasteiger charge is -2.50. The molecular formula is C17H24FN5O5. The smallest absolute Gasteiger partial charge is 0.265 e. The van der Waals surface area contributed by atoms with Crippen molar-refractivity contribution in [3.8, 4) is 0 Å². The minimum atomic E-state index is -1.61. The molecule has 11 heteroatoms. The van der Waals surface area contributed by atoms with Gasteiger partial charge in [0.05, 0.1) is 13.7 Å². The number of nitrogens with one attached hydrogen (secondary N) is 1. The summed E-state index contributed by atoms with van der Waals surface area (Å²) < 4.78 is 31.7. The third-order valence-electron chi connectivity index (χ3n) is 4.71. The van der Waals surface area contributed by atoms with Crippen LogP contribution in [0.4, 0.5) is 4.39 Å². The van der Waals surface area contributed by atoms with E-state index < -0.39 is 49.0 Å². The van der Waals surface area contributed by atoms with Crippen molar-refractivity contribution in [3.63, 3.8) is 0 Å². The molecule has 0 radical (unpaired) electrons. The Hall–Kier alpha value is -2.18. The molecule has 0 aromatic heterocycles. The van der Waals surface area contributed by atoms with Crippen molar-refractivity contribution in [2.75, 3.05) is 13.7 Å². The van der Waals surface area contributed by atoms with Crippen molar-refractivity contribution >= 4 is 5.91 Å². The molecule has 1 aromatic carbocycles. The number of rotatable bonds is 5. The van der Waals surface area contributed by atoms with E-state index in [-0.39, 0.29) is 6.61 Å². The molecule has 2 saturated heterocycles. The predicted octanol–water partition coefficient (Wildman–Crippen LogP) is 0.202.